The van der Waals surface area contributed by atoms with Crippen LogP contribution in [0, 0.1) is 0 Å². The van der Waals surface area contributed by atoms with Crippen LogP contribution in [0.1, 0.15) is 27.2 Å². The van der Waals surface area contributed by atoms with Crippen LogP contribution in [0.4, 0.5) is 0 Å². The summed E-state index contributed by atoms with van der Waals surface area (Å²) in [7, 11) is 0. The summed E-state index contributed by atoms with van der Waals surface area (Å²) in [5.41, 5.74) is 0. The van der Waals surface area contributed by atoms with Crippen molar-refractivity contribution in [2.45, 2.75) is 39.3 Å². The van der Waals surface area contributed by atoms with E-state index in [4.69, 9.17) is 4.74 Å². The minimum absolute atomic E-state index is 0.0294. The van der Waals surface area contributed by atoms with E-state index in [0.717, 1.165) is 0 Å². The van der Waals surface area contributed by atoms with Crippen molar-refractivity contribution in [3.8, 4) is 0 Å². The third-order valence-corrected chi connectivity index (χ3v) is 2.48. The first-order chi connectivity index (χ1) is 7.50. The van der Waals surface area contributed by atoms with E-state index in [-0.39, 0.29) is 17.9 Å². The molecule has 16 heavy (non-hydrogen) atoms. The molecule has 0 bridgehead atoms. The SMILES string of the molecule is CC(C)OCCN1CCC(=O)NC(C)C1=O. The predicted octanol–water partition coefficient (Wildman–Crippen LogP) is 0.148. The van der Waals surface area contributed by atoms with Gasteiger partial charge >= 0.3 is 0 Å². The number of carbonyl (C=O) groups excluding carboxylic acids is 2. The molecule has 5 heteroatoms. The van der Waals surface area contributed by atoms with Gasteiger partial charge in [0.2, 0.25) is 11.8 Å². The van der Waals surface area contributed by atoms with Crippen LogP contribution in [0.2, 0.25) is 0 Å². The van der Waals surface area contributed by atoms with Crippen molar-refractivity contribution in [1.29, 1.82) is 0 Å². The molecule has 1 rings (SSSR count). The highest BCUT2D eigenvalue weighted by molar-refractivity contribution is 5.89. The lowest BCUT2D eigenvalue weighted by atomic mass is 10.3. The van der Waals surface area contributed by atoms with E-state index < -0.39 is 6.04 Å². The molecule has 5 nitrogen and oxygen atoms in total. The van der Waals surface area contributed by atoms with Gasteiger partial charge < -0.3 is 15.0 Å². The Morgan fingerprint density at radius 2 is 2.19 bits per heavy atom. The zero-order chi connectivity index (χ0) is 12.1. The minimum Gasteiger partial charge on any atom is -0.377 e. The fraction of sp³-hybridized carbons (Fsp3) is 0.818. The molecule has 0 radical (unpaired) electrons. The van der Waals surface area contributed by atoms with Crippen LogP contribution in [0.25, 0.3) is 0 Å². The van der Waals surface area contributed by atoms with Crippen molar-refractivity contribution in [3.63, 3.8) is 0 Å². The number of rotatable bonds is 4. The smallest absolute Gasteiger partial charge is 0.244 e. The van der Waals surface area contributed by atoms with Crippen LogP contribution in [0.15, 0.2) is 0 Å². The number of amides is 2. The molecule has 1 saturated heterocycles. The topological polar surface area (TPSA) is 58.6 Å². The normalized spacial score (nSPS) is 22.2. The molecular formula is C11H20N2O3. The van der Waals surface area contributed by atoms with Gasteiger partial charge in [-0.2, -0.15) is 0 Å². The van der Waals surface area contributed by atoms with Crippen molar-refractivity contribution < 1.29 is 14.3 Å². The predicted molar refractivity (Wildman–Crippen MR) is 59.9 cm³/mol. The molecule has 1 heterocycles. The van der Waals surface area contributed by atoms with Crippen LogP contribution in [-0.4, -0.2) is 48.6 Å². The van der Waals surface area contributed by atoms with Crippen LogP contribution >= 0.6 is 0 Å². The van der Waals surface area contributed by atoms with Gasteiger partial charge in [0.15, 0.2) is 0 Å². The van der Waals surface area contributed by atoms with E-state index in [0.29, 0.717) is 26.1 Å². The highest BCUT2D eigenvalue weighted by Gasteiger charge is 2.25. The lowest BCUT2D eigenvalue weighted by Gasteiger charge is -2.22. The summed E-state index contributed by atoms with van der Waals surface area (Å²) in [4.78, 5) is 24.8. The van der Waals surface area contributed by atoms with Gasteiger partial charge in [0.25, 0.3) is 0 Å². The first-order valence-electron chi connectivity index (χ1n) is 5.70. The Morgan fingerprint density at radius 1 is 1.50 bits per heavy atom. The summed E-state index contributed by atoms with van der Waals surface area (Å²) in [6.07, 6.45) is 0.539. The van der Waals surface area contributed by atoms with Gasteiger partial charge in [-0.05, 0) is 20.8 Å². The highest BCUT2D eigenvalue weighted by atomic mass is 16.5. The summed E-state index contributed by atoms with van der Waals surface area (Å²) in [5.74, 6) is -0.0914. The molecule has 1 unspecified atom stereocenters. The second-order valence-corrected chi connectivity index (χ2v) is 4.28. The van der Waals surface area contributed by atoms with Gasteiger partial charge in [0.05, 0.1) is 12.7 Å². The van der Waals surface area contributed by atoms with Gasteiger partial charge in [-0.3, -0.25) is 9.59 Å². The van der Waals surface area contributed by atoms with E-state index >= 15 is 0 Å². The molecule has 1 atom stereocenters. The second kappa shape index (κ2) is 5.84. The molecule has 1 fully saturated rings. The van der Waals surface area contributed by atoms with Gasteiger partial charge in [-0.1, -0.05) is 0 Å². The standard InChI is InChI=1S/C11H20N2O3/c1-8(2)16-7-6-13-5-4-10(14)12-9(3)11(13)15/h8-9H,4-7H2,1-3H3,(H,12,14). The van der Waals surface area contributed by atoms with Crippen molar-refractivity contribution in [1.82, 2.24) is 10.2 Å². The molecule has 0 saturated carbocycles. The fourth-order valence-electron chi connectivity index (χ4n) is 1.62. The summed E-state index contributed by atoms with van der Waals surface area (Å²) >= 11 is 0. The quantitative estimate of drug-likeness (QED) is 0.745. The number of hydrogen-bond acceptors (Lipinski definition) is 3. The summed E-state index contributed by atoms with van der Waals surface area (Å²) in [6, 6.07) is -0.422. The molecule has 0 aromatic heterocycles. The maximum absolute atomic E-state index is 11.8. The van der Waals surface area contributed by atoms with E-state index in [1.165, 1.54) is 0 Å². The number of nitrogens with zero attached hydrogens (tertiary/aromatic N) is 1. The monoisotopic (exact) mass is 228 g/mol. The molecule has 0 aromatic rings. The Balaban J connectivity index is 2.44. The molecule has 1 aliphatic rings. The average molecular weight is 228 g/mol. The molecule has 0 aromatic carbocycles. The number of hydrogen-bond donors (Lipinski definition) is 1. The molecule has 1 aliphatic heterocycles. The summed E-state index contributed by atoms with van der Waals surface area (Å²) in [6.45, 7) is 7.18. The number of nitrogens with one attached hydrogen (secondary N) is 1. The summed E-state index contributed by atoms with van der Waals surface area (Å²) < 4.78 is 5.40. The van der Waals surface area contributed by atoms with E-state index in [9.17, 15) is 9.59 Å². The maximum atomic E-state index is 11.8. The van der Waals surface area contributed by atoms with E-state index in [1.807, 2.05) is 13.8 Å². The highest BCUT2D eigenvalue weighted by Crippen LogP contribution is 2.03. The third kappa shape index (κ3) is 3.81. The zero-order valence-corrected chi connectivity index (χ0v) is 10.2. The Morgan fingerprint density at radius 3 is 2.81 bits per heavy atom. The average Bonchev–Trinajstić information content (AvgIpc) is 2.31. The maximum Gasteiger partial charge on any atom is 0.244 e. The molecule has 2 amide bonds. The van der Waals surface area contributed by atoms with E-state index in [1.54, 1.807) is 11.8 Å². The van der Waals surface area contributed by atoms with Gasteiger partial charge in [0.1, 0.15) is 6.04 Å². The van der Waals surface area contributed by atoms with Crippen molar-refractivity contribution in [2.75, 3.05) is 19.7 Å². The van der Waals surface area contributed by atoms with Gasteiger partial charge in [-0.25, -0.2) is 0 Å². The Bertz CT molecular complexity index is 266. The lowest BCUT2D eigenvalue weighted by molar-refractivity contribution is -0.133. The van der Waals surface area contributed by atoms with Crippen LogP contribution in [0.3, 0.4) is 0 Å². The number of ether oxygens (including phenoxy) is 1. The van der Waals surface area contributed by atoms with Crippen molar-refractivity contribution in [2.24, 2.45) is 0 Å². The summed E-state index contributed by atoms with van der Waals surface area (Å²) in [5, 5.41) is 2.65. The van der Waals surface area contributed by atoms with Crippen molar-refractivity contribution in [3.05, 3.63) is 0 Å². The van der Waals surface area contributed by atoms with Gasteiger partial charge in [0, 0.05) is 19.5 Å². The molecule has 0 spiro atoms. The Labute approximate surface area is 96.1 Å². The molecule has 92 valence electrons. The second-order valence-electron chi connectivity index (χ2n) is 4.28. The molecular weight excluding hydrogens is 208 g/mol. The first kappa shape index (κ1) is 13.0. The minimum atomic E-state index is -0.422. The van der Waals surface area contributed by atoms with Crippen LogP contribution < -0.4 is 5.32 Å². The number of carbonyl (C=O) groups is 2. The Hall–Kier alpha value is -1.10. The first-order valence-corrected chi connectivity index (χ1v) is 5.70. The Kier molecular flexibility index (Phi) is 4.73. The van der Waals surface area contributed by atoms with Crippen LogP contribution in [-0.2, 0) is 14.3 Å². The largest absolute Gasteiger partial charge is 0.377 e. The molecule has 0 aliphatic carbocycles. The fourth-order valence-corrected chi connectivity index (χ4v) is 1.62. The lowest BCUT2D eigenvalue weighted by Crippen LogP contribution is -2.43. The zero-order valence-electron chi connectivity index (χ0n) is 10.2. The molecule has 1 N–H and O–H groups in total. The van der Waals surface area contributed by atoms with Crippen LogP contribution in [0.5, 0.6) is 0 Å². The van der Waals surface area contributed by atoms with Gasteiger partial charge in [-0.15, -0.1) is 0 Å². The van der Waals surface area contributed by atoms with E-state index in [2.05, 4.69) is 5.32 Å². The van der Waals surface area contributed by atoms with Crippen molar-refractivity contribution >= 4 is 11.8 Å². The third-order valence-electron chi connectivity index (χ3n) is 2.48.